The van der Waals surface area contributed by atoms with Crippen LogP contribution in [0.1, 0.15) is 12.6 Å². The summed E-state index contributed by atoms with van der Waals surface area (Å²) < 4.78 is 6.88. The van der Waals surface area contributed by atoms with Gasteiger partial charge in [-0.15, -0.1) is 10.2 Å². The summed E-state index contributed by atoms with van der Waals surface area (Å²) in [7, 11) is 0. The van der Waals surface area contributed by atoms with Gasteiger partial charge in [0.05, 0.1) is 12.7 Å². The van der Waals surface area contributed by atoms with Crippen molar-refractivity contribution in [2.75, 3.05) is 6.61 Å². The van der Waals surface area contributed by atoms with Crippen molar-refractivity contribution in [3.05, 3.63) is 38.7 Å². The summed E-state index contributed by atoms with van der Waals surface area (Å²) in [6.45, 7) is -0.269. The van der Waals surface area contributed by atoms with Crippen molar-refractivity contribution in [1.82, 2.24) is 9.24 Å². The smallest absolute Gasteiger partial charge is 0.394 e. The van der Waals surface area contributed by atoms with Crippen LogP contribution in [0, 0.1) is 5.41 Å². The van der Waals surface area contributed by atoms with E-state index in [4.69, 9.17) is 20.8 Å². The topological polar surface area (TPSA) is 149 Å². The molecule has 2 rings (SSSR count). The Morgan fingerprint density at radius 1 is 1.68 bits per heavy atom. The Bertz CT molecular complexity index is 630. The molecule has 19 heavy (non-hydrogen) atoms. The largest absolute Gasteiger partial charge is 0.427 e. The molecule has 1 aliphatic rings. The maximum Gasteiger partial charge on any atom is 0.427 e. The van der Waals surface area contributed by atoms with Crippen LogP contribution in [0.2, 0.25) is 0 Å². The quantitative estimate of drug-likeness (QED) is 0.360. The van der Waals surface area contributed by atoms with Crippen molar-refractivity contribution < 1.29 is 14.9 Å². The lowest BCUT2D eigenvalue weighted by molar-refractivity contribution is -0.0536. The van der Waals surface area contributed by atoms with Crippen molar-refractivity contribution in [2.24, 2.45) is 5.22 Å². The van der Waals surface area contributed by atoms with Crippen LogP contribution in [0.4, 0.5) is 0 Å². The first-order chi connectivity index (χ1) is 9.08. The normalized spacial score (nSPS) is 26.1. The average molecular weight is 268 g/mol. The fraction of sp³-hybridized carbons (Fsp3) is 0.556. The fourth-order valence-electron chi connectivity index (χ4n) is 1.92. The van der Waals surface area contributed by atoms with Gasteiger partial charge in [0, 0.05) is 18.7 Å². The van der Waals surface area contributed by atoms with E-state index >= 15 is 0 Å². The number of hydrogen-bond donors (Lipinski definition) is 3. The highest BCUT2D eigenvalue weighted by molar-refractivity contribution is 4.89. The second-order valence-corrected chi connectivity index (χ2v) is 4.02. The molecule has 0 spiro atoms. The van der Waals surface area contributed by atoms with E-state index < -0.39 is 24.1 Å². The van der Waals surface area contributed by atoms with Crippen molar-refractivity contribution in [1.29, 1.82) is 5.41 Å². The highest BCUT2D eigenvalue weighted by Gasteiger charge is 2.36. The van der Waals surface area contributed by atoms with Crippen LogP contribution in [0.5, 0.6) is 0 Å². The number of nitrogens with one attached hydrogen (secondary N) is 1. The highest BCUT2D eigenvalue weighted by atomic mass is 16.5. The molecule has 2 heterocycles. The lowest BCUT2D eigenvalue weighted by atomic mass is 10.2. The van der Waals surface area contributed by atoms with E-state index in [2.05, 4.69) is 10.1 Å². The molecule has 3 N–H and O–H groups in total. The summed E-state index contributed by atoms with van der Waals surface area (Å²) in [4.78, 5) is 14.5. The maximum absolute atomic E-state index is 12.0. The Kier molecular flexibility index (Phi) is 3.67. The molecule has 1 saturated heterocycles. The zero-order chi connectivity index (χ0) is 14.0. The first-order valence-electron chi connectivity index (χ1n) is 5.47. The van der Waals surface area contributed by atoms with Crippen LogP contribution >= 0.6 is 0 Å². The fourth-order valence-corrected chi connectivity index (χ4v) is 1.92. The van der Waals surface area contributed by atoms with Gasteiger partial charge in [-0.2, -0.15) is 4.91 Å². The van der Waals surface area contributed by atoms with Crippen LogP contribution in [-0.4, -0.2) is 38.3 Å². The first kappa shape index (κ1) is 13.3. The number of ether oxygens (including phenoxy) is 1. The Labute approximate surface area is 106 Å². The summed E-state index contributed by atoms with van der Waals surface area (Å²) in [5, 5.41) is 29.3. The molecule has 0 bridgehead atoms. The van der Waals surface area contributed by atoms with Gasteiger partial charge in [-0.05, 0) is 5.22 Å². The lowest BCUT2D eigenvalue weighted by Gasteiger charge is -2.16. The second kappa shape index (κ2) is 5.24. The van der Waals surface area contributed by atoms with E-state index in [1.807, 2.05) is 0 Å². The van der Waals surface area contributed by atoms with E-state index in [1.54, 1.807) is 0 Å². The predicted molar refractivity (Wildman–Crippen MR) is 60.7 cm³/mol. The van der Waals surface area contributed by atoms with Gasteiger partial charge < -0.3 is 14.9 Å². The van der Waals surface area contributed by atoms with Crippen molar-refractivity contribution in [3.63, 3.8) is 0 Å². The van der Waals surface area contributed by atoms with Crippen molar-refractivity contribution in [3.8, 4) is 0 Å². The maximum atomic E-state index is 12.0. The zero-order valence-electron chi connectivity index (χ0n) is 9.75. The minimum absolute atomic E-state index is 0.192. The molecule has 3 atom stereocenters. The molecule has 0 aliphatic carbocycles. The molecule has 0 amide bonds. The lowest BCUT2D eigenvalue weighted by Crippen LogP contribution is -2.40. The third kappa shape index (κ3) is 2.37. The van der Waals surface area contributed by atoms with Gasteiger partial charge in [-0.25, -0.2) is 4.79 Å². The molecule has 1 aliphatic heterocycles. The Hall–Kier alpha value is -2.13. The molecular formula is C9H12N6O4. The molecule has 10 nitrogen and oxygen atoms in total. The van der Waals surface area contributed by atoms with Crippen LogP contribution in [0.25, 0.3) is 10.4 Å². The molecule has 0 aromatic carbocycles. The molecule has 1 aromatic rings. The Balaban J connectivity index is 2.47. The summed E-state index contributed by atoms with van der Waals surface area (Å²) >= 11 is 0. The van der Waals surface area contributed by atoms with Gasteiger partial charge in [0.1, 0.15) is 6.10 Å². The summed E-state index contributed by atoms with van der Waals surface area (Å²) in [6, 6.07) is 1.23. The molecule has 102 valence electrons. The van der Waals surface area contributed by atoms with Crippen LogP contribution in [0.3, 0.4) is 0 Å². The van der Waals surface area contributed by atoms with Crippen LogP contribution in [0.15, 0.2) is 22.3 Å². The summed E-state index contributed by atoms with van der Waals surface area (Å²) in [5.41, 5.74) is 7.26. The van der Waals surface area contributed by atoms with Gasteiger partial charge in [0.25, 0.3) is 0 Å². The van der Waals surface area contributed by atoms with E-state index in [-0.39, 0.29) is 18.5 Å². The molecule has 1 fully saturated rings. The van der Waals surface area contributed by atoms with Gasteiger partial charge in [-0.3, -0.25) is 9.98 Å². The van der Waals surface area contributed by atoms with Gasteiger partial charge in [0.15, 0.2) is 6.23 Å². The number of aliphatic hydroxyl groups is 2. The van der Waals surface area contributed by atoms with Crippen LogP contribution in [-0.2, 0) is 4.74 Å². The number of nitrogens with zero attached hydrogens (tertiary/aromatic N) is 5. The minimum atomic E-state index is -0.981. The number of aliphatic hydroxyl groups excluding tert-OH is 2. The monoisotopic (exact) mass is 268 g/mol. The number of rotatable bonds is 3. The third-order valence-corrected chi connectivity index (χ3v) is 2.80. The Morgan fingerprint density at radius 3 is 3.00 bits per heavy atom. The molecule has 10 heteroatoms. The first-order valence-corrected chi connectivity index (χ1v) is 5.47. The Morgan fingerprint density at radius 2 is 2.42 bits per heavy atom. The van der Waals surface area contributed by atoms with Gasteiger partial charge in [0.2, 0.25) is 5.49 Å². The predicted octanol–water partition coefficient (Wildman–Crippen LogP) is -1.16. The van der Waals surface area contributed by atoms with E-state index in [0.717, 1.165) is 4.57 Å². The number of aromatic nitrogens is 2. The standard InChI is InChI=1S/C9H12N6O4/c10-7-1-2-14(9(18)15(7)13-12-11)8-6(17)3-5(4-16)19-8/h1-2,5-6,8,10,16-17H,3-4H2/t5-,6+,8+/m0/s1. The minimum Gasteiger partial charge on any atom is -0.394 e. The average Bonchev–Trinajstić information content (AvgIpc) is 2.76. The number of azide groups is 1. The van der Waals surface area contributed by atoms with E-state index in [1.165, 1.54) is 12.3 Å². The highest BCUT2D eigenvalue weighted by Crippen LogP contribution is 2.27. The van der Waals surface area contributed by atoms with Crippen LogP contribution < -0.4 is 11.2 Å². The zero-order valence-corrected chi connectivity index (χ0v) is 9.75. The summed E-state index contributed by atoms with van der Waals surface area (Å²) in [5.74, 6) is 0. The van der Waals surface area contributed by atoms with Gasteiger partial charge >= 0.3 is 5.69 Å². The van der Waals surface area contributed by atoms with Gasteiger partial charge in [-0.1, -0.05) is 0 Å². The number of hydrogen-bond acceptors (Lipinski definition) is 6. The van der Waals surface area contributed by atoms with E-state index in [0.29, 0.717) is 4.68 Å². The third-order valence-electron chi connectivity index (χ3n) is 2.80. The molecule has 1 aromatic heterocycles. The van der Waals surface area contributed by atoms with Crippen molar-refractivity contribution >= 4 is 0 Å². The molecule has 0 radical (unpaired) electrons. The summed E-state index contributed by atoms with van der Waals surface area (Å²) in [6.07, 6.45) is -1.05. The molecule has 0 saturated carbocycles. The SMILES string of the molecule is [N-]=[N+]=Nn1c(=N)ccn([C@@H]2O[C@H](CO)C[C@H]2O)c1=O. The molecule has 0 unspecified atom stereocenters. The second-order valence-electron chi connectivity index (χ2n) is 4.02. The van der Waals surface area contributed by atoms with E-state index in [9.17, 15) is 9.90 Å². The van der Waals surface area contributed by atoms with Crippen molar-refractivity contribution in [2.45, 2.75) is 24.9 Å². The molecular weight excluding hydrogens is 256 g/mol.